The van der Waals surface area contributed by atoms with E-state index < -0.39 is 21.5 Å². The summed E-state index contributed by atoms with van der Waals surface area (Å²) in [6, 6.07) is 12.8. The van der Waals surface area contributed by atoms with Gasteiger partial charge in [-0.05, 0) is 54.2 Å². The standard InChI is InChI=1S/C21H23BrFNO3S/c22-18-7-3-4-15(12-18)13-28(26,27)14-20(25)24-21(16-5-1-2-6-16)17-8-10-19(23)11-9-17/h3-4,7-12,16,21H,1-2,5-6,13-14H2,(H,24,25). The molecule has 0 spiro atoms. The van der Waals surface area contributed by atoms with Gasteiger partial charge in [-0.2, -0.15) is 0 Å². The van der Waals surface area contributed by atoms with Crippen LogP contribution in [0.3, 0.4) is 0 Å². The van der Waals surface area contributed by atoms with Crippen LogP contribution in [0.15, 0.2) is 53.0 Å². The van der Waals surface area contributed by atoms with E-state index in [-0.39, 0.29) is 23.5 Å². The second-order valence-electron chi connectivity index (χ2n) is 7.30. The average molecular weight is 468 g/mol. The van der Waals surface area contributed by atoms with Crippen LogP contribution in [-0.2, 0) is 20.4 Å². The van der Waals surface area contributed by atoms with Crippen LogP contribution in [0.2, 0.25) is 0 Å². The van der Waals surface area contributed by atoms with Gasteiger partial charge in [-0.3, -0.25) is 4.79 Å². The number of halogens is 2. The van der Waals surface area contributed by atoms with E-state index in [1.165, 1.54) is 12.1 Å². The Morgan fingerprint density at radius 1 is 1.14 bits per heavy atom. The van der Waals surface area contributed by atoms with E-state index in [2.05, 4.69) is 21.2 Å². The van der Waals surface area contributed by atoms with E-state index in [0.717, 1.165) is 35.7 Å². The molecule has 0 heterocycles. The van der Waals surface area contributed by atoms with Crippen molar-refractivity contribution in [2.24, 2.45) is 5.92 Å². The molecule has 1 fully saturated rings. The molecule has 1 atom stereocenters. The molecule has 28 heavy (non-hydrogen) atoms. The zero-order chi connectivity index (χ0) is 20.1. The fourth-order valence-corrected chi connectivity index (χ4v) is 5.50. The molecule has 1 aliphatic rings. The Bertz CT molecular complexity index is 925. The van der Waals surface area contributed by atoms with Gasteiger partial charge in [0.15, 0.2) is 9.84 Å². The van der Waals surface area contributed by atoms with Crippen molar-refractivity contribution in [3.05, 3.63) is 69.9 Å². The molecule has 0 bridgehead atoms. The summed E-state index contributed by atoms with van der Waals surface area (Å²) < 4.78 is 39.0. The largest absolute Gasteiger partial charge is 0.348 e. The van der Waals surface area contributed by atoms with Crippen molar-refractivity contribution in [3.63, 3.8) is 0 Å². The Kier molecular flexibility index (Phi) is 6.88. The van der Waals surface area contributed by atoms with Crippen LogP contribution in [0, 0.1) is 11.7 Å². The van der Waals surface area contributed by atoms with Crippen LogP contribution < -0.4 is 5.32 Å². The number of hydrogen-bond acceptors (Lipinski definition) is 3. The van der Waals surface area contributed by atoms with Crippen LogP contribution in [0.4, 0.5) is 4.39 Å². The fourth-order valence-electron chi connectivity index (χ4n) is 3.78. The summed E-state index contributed by atoms with van der Waals surface area (Å²) in [5.41, 5.74) is 1.44. The van der Waals surface area contributed by atoms with E-state index >= 15 is 0 Å². The van der Waals surface area contributed by atoms with Gasteiger partial charge in [-0.25, -0.2) is 12.8 Å². The van der Waals surface area contributed by atoms with Gasteiger partial charge in [0, 0.05) is 4.47 Å². The average Bonchev–Trinajstić information content (AvgIpc) is 3.14. The molecule has 4 nitrogen and oxygen atoms in total. The van der Waals surface area contributed by atoms with Crippen LogP contribution >= 0.6 is 15.9 Å². The molecule has 1 unspecified atom stereocenters. The summed E-state index contributed by atoms with van der Waals surface area (Å²) in [6.07, 6.45) is 4.10. The maximum Gasteiger partial charge on any atom is 0.235 e. The zero-order valence-electron chi connectivity index (χ0n) is 15.4. The van der Waals surface area contributed by atoms with Crippen molar-refractivity contribution in [1.29, 1.82) is 0 Å². The van der Waals surface area contributed by atoms with Crippen LogP contribution in [0.1, 0.15) is 42.9 Å². The van der Waals surface area contributed by atoms with E-state index in [0.29, 0.717) is 5.56 Å². The highest BCUT2D eigenvalue weighted by atomic mass is 79.9. The number of sulfone groups is 1. The van der Waals surface area contributed by atoms with E-state index in [1.807, 2.05) is 6.07 Å². The van der Waals surface area contributed by atoms with Crippen molar-refractivity contribution in [3.8, 4) is 0 Å². The minimum Gasteiger partial charge on any atom is -0.348 e. The molecule has 0 aromatic heterocycles. The number of hydrogen-bond donors (Lipinski definition) is 1. The first-order valence-corrected chi connectivity index (χ1v) is 11.9. The summed E-state index contributed by atoms with van der Waals surface area (Å²) >= 11 is 3.32. The first-order chi connectivity index (χ1) is 13.3. The van der Waals surface area contributed by atoms with Gasteiger partial charge in [0.2, 0.25) is 5.91 Å². The van der Waals surface area contributed by atoms with Crippen molar-refractivity contribution >= 4 is 31.7 Å². The molecule has 2 aromatic rings. The highest BCUT2D eigenvalue weighted by Gasteiger charge is 2.29. The minimum absolute atomic E-state index is 0.190. The molecule has 1 saturated carbocycles. The molecular weight excluding hydrogens is 445 g/mol. The second-order valence-corrected chi connectivity index (χ2v) is 10.3. The number of carbonyl (C=O) groups is 1. The molecule has 0 radical (unpaired) electrons. The molecular formula is C21H23BrFNO3S. The Hall–Kier alpha value is -1.73. The fraction of sp³-hybridized carbons (Fsp3) is 0.381. The van der Waals surface area contributed by atoms with Crippen molar-refractivity contribution in [2.45, 2.75) is 37.5 Å². The number of amides is 1. The zero-order valence-corrected chi connectivity index (χ0v) is 17.8. The Morgan fingerprint density at radius 3 is 2.46 bits per heavy atom. The SMILES string of the molecule is O=C(CS(=O)(=O)Cc1cccc(Br)c1)NC(c1ccc(F)cc1)C1CCCC1. The molecule has 1 N–H and O–H groups in total. The molecule has 150 valence electrons. The highest BCUT2D eigenvalue weighted by molar-refractivity contribution is 9.10. The maximum atomic E-state index is 13.3. The summed E-state index contributed by atoms with van der Waals surface area (Å²) in [7, 11) is -3.60. The third-order valence-electron chi connectivity index (χ3n) is 5.04. The molecule has 2 aromatic carbocycles. The van der Waals surface area contributed by atoms with Crippen LogP contribution in [0.25, 0.3) is 0 Å². The lowest BCUT2D eigenvalue weighted by atomic mass is 9.91. The van der Waals surface area contributed by atoms with Gasteiger partial charge < -0.3 is 5.32 Å². The first kappa shape index (κ1) is 21.0. The quantitative estimate of drug-likeness (QED) is 0.649. The monoisotopic (exact) mass is 467 g/mol. The Balaban J connectivity index is 1.69. The van der Waals surface area contributed by atoms with Crippen molar-refractivity contribution in [1.82, 2.24) is 5.32 Å². The third kappa shape index (κ3) is 5.88. The van der Waals surface area contributed by atoms with Gasteiger partial charge >= 0.3 is 0 Å². The maximum absolute atomic E-state index is 13.3. The highest BCUT2D eigenvalue weighted by Crippen LogP contribution is 2.35. The molecule has 3 rings (SSSR count). The predicted octanol–water partition coefficient (Wildman–Crippen LogP) is 4.55. The summed E-state index contributed by atoms with van der Waals surface area (Å²) in [4.78, 5) is 12.5. The normalized spacial score (nSPS) is 16.1. The van der Waals surface area contributed by atoms with E-state index in [1.54, 1.807) is 30.3 Å². The predicted molar refractivity (Wildman–Crippen MR) is 111 cm³/mol. The number of benzene rings is 2. The lowest BCUT2D eigenvalue weighted by Gasteiger charge is -2.25. The van der Waals surface area contributed by atoms with E-state index in [4.69, 9.17) is 0 Å². The topological polar surface area (TPSA) is 63.2 Å². The van der Waals surface area contributed by atoms with Crippen LogP contribution in [0.5, 0.6) is 0 Å². The number of nitrogens with one attached hydrogen (secondary N) is 1. The van der Waals surface area contributed by atoms with Gasteiger partial charge in [0.05, 0.1) is 11.8 Å². The minimum atomic E-state index is -3.60. The lowest BCUT2D eigenvalue weighted by molar-refractivity contribution is -0.119. The molecule has 1 aliphatic carbocycles. The Morgan fingerprint density at radius 2 is 1.82 bits per heavy atom. The summed E-state index contributed by atoms with van der Waals surface area (Å²) in [6.45, 7) is 0. The van der Waals surface area contributed by atoms with E-state index in [9.17, 15) is 17.6 Å². The van der Waals surface area contributed by atoms with Gasteiger partial charge in [0.25, 0.3) is 0 Å². The summed E-state index contributed by atoms with van der Waals surface area (Å²) in [5.74, 6) is -1.37. The van der Waals surface area contributed by atoms with Crippen LogP contribution in [-0.4, -0.2) is 20.1 Å². The van der Waals surface area contributed by atoms with Gasteiger partial charge in [-0.15, -0.1) is 0 Å². The van der Waals surface area contributed by atoms with Crippen molar-refractivity contribution in [2.75, 3.05) is 5.75 Å². The first-order valence-electron chi connectivity index (χ1n) is 9.32. The van der Waals surface area contributed by atoms with Gasteiger partial charge in [-0.1, -0.05) is 53.0 Å². The van der Waals surface area contributed by atoms with Gasteiger partial charge in [0.1, 0.15) is 11.6 Å². The molecule has 0 aliphatic heterocycles. The molecule has 0 saturated heterocycles. The molecule has 1 amide bonds. The summed E-state index contributed by atoms with van der Waals surface area (Å²) in [5, 5.41) is 2.90. The smallest absolute Gasteiger partial charge is 0.235 e. The number of rotatable bonds is 7. The second kappa shape index (κ2) is 9.18. The lowest BCUT2D eigenvalue weighted by Crippen LogP contribution is -2.36. The number of carbonyl (C=O) groups excluding carboxylic acids is 1. The Labute approximate surface area is 173 Å². The third-order valence-corrected chi connectivity index (χ3v) is 7.01. The molecule has 7 heteroatoms. The van der Waals surface area contributed by atoms with Crippen molar-refractivity contribution < 1.29 is 17.6 Å².